The third kappa shape index (κ3) is 4.10. The van der Waals surface area contributed by atoms with E-state index in [0.29, 0.717) is 23.5 Å². The maximum absolute atomic E-state index is 14.4. The first kappa shape index (κ1) is 15.8. The summed E-state index contributed by atoms with van der Waals surface area (Å²) in [5.41, 5.74) is 5.60. The molecule has 0 radical (unpaired) electrons. The van der Waals surface area contributed by atoms with Crippen molar-refractivity contribution in [3.8, 4) is 11.5 Å². The second kappa shape index (κ2) is 5.37. The molecule has 0 spiro atoms. The minimum Gasteiger partial charge on any atom is -0.493 e. The predicted octanol–water partition coefficient (Wildman–Crippen LogP) is 3.19. The normalized spacial score (nSPS) is 12.4. The summed E-state index contributed by atoms with van der Waals surface area (Å²) >= 11 is 0. The molecule has 0 aromatic heterocycles. The second-order valence-corrected chi connectivity index (χ2v) is 6.00. The van der Waals surface area contributed by atoms with Crippen molar-refractivity contribution in [3.05, 3.63) is 23.3 Å². The van der Waals surface area contributed by atoms with Crippen molar-refractivity contribution in [1.82, 2.24) is 0 Å². The Hall–Kier alpha value is -1.29. The number of alkyl halides is 1. The van der Waals surface area contributed by atoms with Crippen molar-refractivity contribution in [2.24, 2.45) is 5.73 Å². The minimum absolute atomic E-state index is 0.417. The Kier molecular flexibility index (Phi) is 4.46. The van der Waals surface area contributed by atoms with E-state index >= 15 is 0 Å². The molecule has 0 amide bonds. The van der Waals surface area contributed by atoms with Crippen LogP contribution in [0.15, 0.2) is 12.1 Å². The molecule has 1 aromatic carbocycles. The van der Waals surface area contributed by atoms with E-state index in [1.807, 2.05) is 19.9 Å². The molecule has 0 atom stereocenters. The molecule has 2 N–H and O–H groups in total. The highest BCUT2D eigenvalue weighted by atomic mass is 19.1. The number of halogens is 1. The molecule has 0 heterocycles. The lowest BCUT2D eigenvalue weighted by molar-refractivity contribution is 0.217. The van der Waals surface area contributed by atoms with Gasteiger partial charge in [-0.05, 0) is 57.4 Å². The fourth-order valence-corrected chi connectivity index (χ4v) is 2.11. The number of methoxy groups -OCH3 is 2. The van der Waals surface area contributed by atoms with Crippen LogP contribution in [0.4, 0.5) is 4.39 Å². The molecule has 19 heavy (non-hydrogen) atoms. The zero-order valence-corrected chi connectivity index (χ0v) is 12.6. The standard InChI is InChI=1S/C15H24FNO2/c1-14(2,17)9-10-7-12(18-5)13(19-6)8-11(10)15(3,4)16/h7-8H,9,17H2,1-6H3. The van der Waals surface area contributed by atoms with Crippen molar-refractivity contribution in [2.45, 2.75) is 45.3 Å². The van der Waals surface area contributed by atoms with E-state index in [2.05, 4.69) is 0 Å². The number of hydrogen-bond donors (Lipinski definition) is 1. The molecule has 3 nitrogen and oxygen atoms in total. The average molecular weight is 269 g/mol. The molecule has 0 aliphatic heterocycles. The van der Waals surface area contributed by atoms with Crippen LogP contribution in [0, 0.1) is 0 Å². The predicted molar refractivity (Wildman–Crippen MR) is 75.7 cm³/mol. The van der Waals surface area contributed by atoms with Gasteiger partial charge in [0.15, 0.2) is 11.5 Å². The van der Waals surface area contributed by atoms with Crippen molar-refractivity contribution >= 4 is 0 Å². The van der Waals surface area contributed by atoms with Gasteiger partial charge in [-0.25, -0.2) is 4.39 Å². The summed E-state index contributed by atoms with van der Waals surface area (Å²) in [4.78, 5) is 0. The number of benzene rings is 1. The van der Waals surface area contributed by atoms with E-state index in [-0.39, 0.29) is 0 Å². The Morgan fingerprint density at radius 1 is 1.05 bits per heavy atom. The molecule has 1 rings (SSSR count). The van der Waals surface area contributed by atoms with E-state index in [9.17, 15) is 4.39 Å². The maximum Gasteiger partial charge on any atom is 0.161 e. The first-order chi connectivity index (χ1) is 8.58. The third-order valence-corrected chi connectivity index (χ3v) is 2.90. The number of ether oxygens (including phenoxy) is 2. The summed E-state index contributed by atoms with van der Waals surface area (Å²) in [6.45, 7) is 6.89. The minimum atomic E-state index is -1.46. The molecule has 0 bridgehead atoms. The largest absolute Gasteiger partial charge is 0.493 e. The van der Waals surface area contributed by atoms with Gasteiger partial charge in [0.1, 0.15) is 5.67 Å². The molecule has 0 aliphatic carbocycles. The Morgan fingerprint density at radius 2 is 1.53 bits per heavy atom. The molecule has 0 unspecified atom stereocenters. The van der Waals surface area contributed by atoms with Gasteiger partial charge >= 0.3 is 0 Å². The van der Waals surface area contributed by atoms with Crippen molar-refractivity contribution in [3.63, 3.8) is 0 Å². The fourth-order valence-electron chi connectivity index (χ4n) is 2.11. The van der Waals surface area contributed by atoms with Gasteiger partial charge in [0.05, 0.1) is 14.2 Å². The molecular weight excluding hydrogens is 245 g/mol. The average Bonchev–Trinajstić information content (AvgIpc) is 2.24. The van der Waals surface area contributed by atoms with Gasteiger partial charge in [0, 0.05) is 5.54 Å². The third-order valence-electron chi connectivity index (χ3n) is 2.90. The summed E-state index contributed by atoms with van der Waals surface area (Å²) in [6.07, 6.45) is 0.566. The van der Waals surface area contributed by atoms with Crippen molar-refractivity contribution in [1.29, 1.82) is 0 Å². The maximum atomic E-state index is 14.4. The Morgan fingerprint density at radius 3 is 1.89 bits per heavy atom. The van der Waals surface area contributed by atoms with E-state index in [1.54, 1.807) is 20.3 Å². The van der Waals surface area contributed by atoms with Gasteiger partial charge in [-0.2, -0.15) is 0 Å². The highest BCUT2D eigenvalue weighted by molar-refractivity contribution is 5.49. The molecule has 4 heteroatoms. The van der Waals surface area contributed by atoms with Crippen LogP contribution in [0.1, 0.15) is 38.8 Å². The van der Waals surface area contributed by atoms with Crippen molar-refractivity contribution < 1.29 is 13.9 Å². The van der Waals surface area contributed by atoms with Crippen LogP contribution in [-0.2, 0) is 12.1 Å². The van der Waals surface area contributed by atoms with Crippen molar-refractivity contribution in [2.75, 3.05) is 14.2 Å². The SMILES string of the molecule is COc1cc(CC(C)(C)N)c(C(C)(C)F)cc1OC. The molecule has 1 aromatic rings. The lowest BCUT2D eigenvalue weighted by Gasteiger charge is -2.26. The van der Waals surface area contributed by atoms with Crippen LogP contribution in [0.2, 0.25) is 0 Å². The van der Waals surface area contributed by atoms with Crippen LogP contribution >= 0.6 is 0 Å². The highest BCUT2D eigenvalue weighted by Gasteiger charge is 2.27. The summed E-state index contributed by atoms with van der Waals surface area (Å²) in [7, 11) is 3.11. The van der Waals surface area contributed by atoms with E-state index in [1.165, 1.54) is 13.8 Å². The number of rotatable bonds is 5. The molecule has 108 valence electrons. The Labute approximate surface area is 114 Å². The first-order valence-electron chi connectivity index (χ1n) is 6.31. The van der Waals surface area contributed by atoms with Gasteiger partial charge in [0.2, 0.25) is 0 Å². The summed E-state index contributed by atoms with van der Waals surface area (Å²) in [5, 5.41) is 0. The van der Waals surface area contributed by atoms with Gasteiger partial charge in [-0.15, -0.1) is 0 Å². The second-order valence-electron chi connectivity index (χ2n) is 6.00. The van der Waals surface area contributed by atoms with Crippen LogP contribution < -0.4 is 15.2 Å². The Balaban J connectivity index is 3.41. The summed E-state index contributed by atoms with van der Waals surface area (Å²) in [5.74, 6) is 1.12. The monoisotopic (exact) mass is 269 g/mol. The van der Waals surface area contributed by atoms with Gasteiger partial charge in [-0.3, -0.25) is 0 Å². The zero-order valence-electron chi connectivity index (χ0n) is 12.6. The highest BCUT2D eigenvalue weighted by Crippen LogP contribution is 2.38. The zero-order chi connectivity index (χ0) is 14.8. The number of hydrogen-bond acceptors (Lipinski definition) is 3. The van der Waals surface area contributed by atoms with E-state index < -0.39 is 11.2 Å². The summed E-state index contributed by atoms with van der Waals surface area (Å²) < 4.78 is 24.9. The molecule has 0 saturated carbocycles. The molecular formula is C15H24FNO2. The van der Waals surface area contributed by atoms with Gasteiger partial charge in [0.25, 0.3) is 0 Å². The van der Waals surface area contributed by atoms with Crippen LogP contribution in [0.3, 0.4) is 0 Å². The smallest absolute Gasteiger partial charge is 0.161 e. The van der Waals surface area contributed by atoms with Crippen LogP contribution in [0.25, 0.3) is 0 Å². The first-order valence-corrected chi connectivity index (χ1v) is 6.31. The lowest BCUT2D eigenvalue weighted by atomic mass is 9.87. The fraction of sp³-hybridized carbons (Fsp3) is 0.600. The quantitative estimate of drug-likeness (QED) is 0.892. The Bertz CT molecular complexity index is 445. The van der Waals surface area contributed by atoms with Gasteiger partial charge < -0.3 is 15.2 Å². The molecule has 0 fully saturated rings. The van der Waals surface area contributed by atoms with E-state index in [0.717, 1.165) is 5.56 Å². The lowest BCUT2D eigenvalue weighted by Crippen LogP contribution is -2.35. The van der Waals surface area contributed by atoms with Gasteiger partial charge in [-0.1, -0.05) is 0 Å². The number of nitrogens with two attached hydrogens (primary N) is 1. The van der Waals surface area contributed by atoms with E-state index in [4.69, 9.17) is 15.2 Å². The molecule has 0 aliphatic rings. The topological polar surface area (TPSA) is 44.5 Å². The van der Waals surface area contributed by atoms with Crippen LogP contribution in [0.5, 0.6) is 11.5 Å². The summed E-state index contributed by atoms with van der Waals surface area (Å²) in [6, 6.07) is 3.50. The van der Waals surface area contributed by atoms with Crippen LogP contribution in [-0.4, -0.2) is 19.8 Å². The molecule has 0 saturated heterocycles.